The minimum atomic E-state index is -1.13. The number of amides is 2. The predicted molar refractivity (Wildman–Crippen MR) is 63.1 cm³/mol. The number of rotatable bonds is 2. The molecule has 1 heterocycles. The van der Waals surface area contributed by atoms with Gasteiger partial charge in [0.1, 0.15) is 0 Å². The van der Waals surface area contributed by atoms with Gasteiger partial charge in [0.25, 0.3) is 0 Å². The van der Waals surface area contributed by atoms with Crippen molar-refractivity contribution in [2.45, 2.75) is 0 Å². The number of hydrazine groups is 1. The van der Waals surface area contributed by atoms with Crippen LogP contribution < -0.4 is 51.1 Å². The molecule has 1 aromatic rings. The molecule has 0 unspecified atom stereocenters. The number of nitrogens with one attached hydrogen (secondary N) is 2. The van der Waals surface area contributed by atoms with E-state index in [1.807, 2.05) is 0 Å². The van der Waals surface area contributed by atoms with Crippen LogP contribution in [-0.4, -0.2) is 36.8 Å². The normalized spacial score (nSPS) is 13.7. The Morgan fingerprint density at radius 2 is 1.95 bits per heavy atom. The van der Waals surface area contributed by atoms with E-state index in [0.29, 0.717) is 6.67 Å². The number of primary amides is 1. The molecule has 1 aliphatic rings. The van der Waals surface area contributed by atoms with Crippen molar-refractivity contribution in [2.24, 2.45) is 5.73 Å². The Morgan fingerprint density at radius 1 is 1.32 bits per heavy atom. The molecule has 0 atom stereocenters. The second-order valence-corrected chi connectivity index (χ2v) is 3.55. The Morgan fingerprint density at radius 3 is 2.32 bits per heavy atom. The van der Waals surface area contributed by atoms with Crippen LogP contribution in [0, 0.1) is 0 Å². The molecule has 8 heteroatoms. The maximum Gasteiger partial charge on any atom is 1.00 e. The van der Waals surface area contributed by atoms with Gasteiger partial charge in [-0.15, -0.1) is 0 Å². The first-order chi connectivity index (χ1) is 8.59. The van der Waals surface area contributed by atoms with Crippen LogP contribution >= 0.6 is 0 Å². The summed E-state index contributed by atoms with van der Waals surface area (Å²) in [7, 11) is 0. The number of carbonyl (C=O) groups is 2. The largest absolute Gasteiger partial charge is 1.00 e. The molecule has 0 aromatic heterocycles. The zero-order valence-electron chi connectivity index (χ0n) is 10.8. The molecule has 1 fully saturated rings. The van der Waals surface area contributed by atoms with Gasteiger partial charge in [-0.05, 0) is 5.56 Å². The Balaban J connectivity index is 0.000000324. The van der Waals surface area contributed by atoms with Crippen molar-refractivity contribution in [3.05, 3.63) is 35.9 Å². The van der Waals surface area contributed by atoms with Crippen LogP contribution in [0.3, 0.4) is 0 Å². The summed E-state index contributed by atoms with van der Waals surface area (Å²) in [6.07, 6.45) is 0. The third-order valence-corrected chi connectivity index (χ3v) is 2.14. The summed E-state index contributed by atoms with van der Waals surface area (Å²) in [4.78, 5) is 20.3. The van der Waals surface area contributed by atoms with Crippen LogP contribution in [0.4, 0.5) is 4.79 Å². The van der Waals surface area contributed by atoms with Crippen molar-refractivity contribution in [3.63, 3.8) is 0 Å². The molecule has 1 aromatic carbocycles. The summed E-state index contributed by atoms with van der Waals surface area (Å²) < 4.78 is 0. The molecule has 2 amide bonds. The van der Waals surface area contributed by atoms with Gasteiger partial charge in [-0.1, -0.05) is 30.3 Å². The number of nitrogens with zero attached hydrogens (tertiary/aromatic N) is 1. The standard InChI is InChI=1S/C7H6O2.C4H10N4O.Na/c8-7(9)6-4-2-1-3-5-6;5-4(9)7-8-2-1-6-3-8;/h1-5H,(H,8,9);6H,1-3H2,(H3,5,7,9);/q;;+1/p-1. The number of carboxylic acids is 1. The van der Waals surface area contributed by atoms with Gasteiger partial charge in [0, 0.05) is 13.1 Å². The molecule has 19 heavy (non-hydrogen) atoms. The maximum atomic E-state index is 10.2. The van der Waals surface area contributed by atoms with E-state index >= 15 is 0 Å². The smallest absolute Gasteiger partial charge is 0.545 e. The van der Waals surface area contributed by atoms with Gasteiger partial charge in [-0.25, -0.2) is 9.80 Å². The molecule has 0 aliphatic carbocycles. The quantitative estimate of drug-likeness (QED) is 0.471. The van der Waals surface area contributed by atoms with E-state index < -0.39 is 12.0 Å². The predicted octanol–water partition coefficient (Wildman–Crippen LogP) is -4.51. The molecule has 0 bridgehead atoms. The van der Waals surface area contributed by atoms with Crippen molar-refractivity contribution in [1.29, 1.82) is 0 Å². The summed E-state index contributed by atoms with van der Waals surface area (Å²) in [5.41, 5.74) is 7.52. The third kappa shape index (κ3) is 7.81. The minimum Gasteiger partial charge on any atom is -0.545 e. The Labute approximate surface area is 133 Å². The molecule has 1 saturated heterocycles. The molecule has 4 N–H and O–H groups in total. The Kier molecular flexibility index (Phi) is 9.19. The Bertz CT molecular complexity index is 396. The number of aromatic carboxylic acids is 1. The first-order valence-electron chi connectivity index (χ1n) is 5.37. The molecule has 1 aliphatic heterocycles. The van der Waals surface area contributed by atoms with Crippen LogP contribution in [-0.2, 0) is 0 Å². The first kappa shape index (κ1) is 17.9. The molecule has 0 radical (unpaired) electrons. The van der Waals surface area contributed by atoms with Crippen molar-refractivity contribution >= 4 is 12.0 Å². The first-order valence-corrected chi connectivity index (χ1v) is 5.37. The van der Waals surface area contributed by atoms with E-state index in [1.54, 1.807) is 23.2 Å². The van der Waals surface area contributed by atoms with Crippen LogP contribution in [0.15, 0.2) is 30.3 Å². The number of carbonyl (C=O) groups excluding carboxylic acids is 2. The van der Waals surface area contributed by atoms with E-state index in [0.717, 1.165) is 13.1 Å². The molecule has 0 saturated carbocycles. The van der Waals surface area contributed by atoms with Crippen LogP contribution in [0.25, 0.3) is 0 Å². The monoisotopic (exact) mass is 274 g/mol. The van der Waals surface area contributed by atoms with E-state index in [9.17, 15) is 14.7 Å². The van der Waals surface area contributed by atoms with E-state index in [-0.39, 0.29) is 35.1 Å². The third-order valence-electron chi connectivity index (χ3n) is 2.14. The van der Waals surface area contributed by atoms with Gasteiger partial charge in [-0.3, -0.25) is 5.43 Å². The summed E-state index contributed by atoms with van der Waals surface area (Å²) in [6, 6.07) is 7.56. The minimum absolute atomic E-state index is 0. The molecule has 2 rings (SSSR count). The average Bonchev–Trinajstić information content (AvgIpc) is 2.83. The maximum absolute atomic E-state index is 10.2. The van der Waals surface area contributed by atoms with Crippen LogP contribution in [0.5, 0.6) is 0 Å². The fourth-order valence-electron chi connectivity index (χ4n) is 1.33. The van der Waals surface area contributed by atoms with Gasteiger partial charge >= 0.3 is 35.6 Å². The zero-order chi connectivity index (χ0) is 13.4. The summed E-state index contributed by atoms with van der Waals surface area (Å²) in [5, 5.41) is 14.8. The van der Waals surface area contributed by atoms with E-state index in [2.05, 4.69) is 10.7 Å². The fraction of sp³-hybridized carbons (Fsp3) is 0.273. The summed E-state index contributed by atoms with van der Waals surface area (Å²) >= 11 is 0. The SMILES string of the molecule is NC(=O)NN1CCNC1.O=C([O-])c1ccccc1.[Na+]. The number of nitrogens with two attached hydrogens (primary N) is 1. The topological polar surface area (TPSA) is 111 Å². The van der Waals surface area contributed by atoms with Gasteiger partial charge < -0.3 is 21.0 Å². The number of benzene rings is 1. The molecular weight excluding hydrogens is 259 g/mol. The van der Waals surface area contributed by atoms with Crippen LogP contribution in [0.2, 0.25) is 0 Å². The number of hydrogen-bond donors (Lipinski definition) is 3. The van der Waals surface area contributed by atoms with Crippen LogP contribution in [0.1, 0.15) is 10.4 Å². The van der Waals surface area contributed by atoms with E-state index in [1.165, 1.54) is 12.1 Å². The fourth-order valence-corrected chi connectivity index (χ4v) is 1.33. The second-order valence-electron chi connectivity index (χ2n) is 3.55. The Hall–Kier alpha value is -1.12. The van der Waals surface area contributed by atoms with Crippen molar-refractivity contribution < 1.29 is 44.3 Å². The average molecular weight is 274 g/mol. The van der Waals surface area contributed by atoms with E-state index in [4.69, 9.17) is 5.73 Å². The molecular formula is C11H15N4NaO3. The van der Waals surface area contributed by atoms with Gasteiger partial charge in [0.15, 0.2) is 0 Å². The molecule has 98 valence electrons. The molecule has 7 nitrogen and oxygen atoms in total. The number of urea groups is 1. The number of carboxylic acid groups (broad SMARTS) is 1. The second kappa shape index (κ2) is 9.76. The van der Waals surface area contributed by atoms with Gasteiger partial charge in [0.2, 0.25) is 0 Å². The molecule has 0 spiro atoms. The number of hydrogen-bond acceptors (Lipinski definition) is 5. The summed E-state index contributed by atoms with van der Waals surface area (Å²) in [6.45, 7) is 2.41. The van der Waals surface area contributed by atoms with Gasteiger partial charge in [0.05, 0.1) is 12.6 Å². The van der Waals surface area contributed by atoms with Crippen molar-refractivity contribution in [3.8, 4) is 0 Å². The zero-order valence-corrected chi connectivity index (χ0v) is 12.8. The van der Waals surface area contributed by atoms with Crippen molar-refractivity contribution in [2.75, 3.05) is 19.8 Å². The van der Waals surface area contributed by atoms with Gasteiger partial charge in [-0.2, -0.15) is 0 Å². The summed E-state index contributed by atoms with van der Waals surface area (Å²) in [5.74, 6) is -1.13. The van der Waals surface area contributed by atoms with Crippen molar-refractivity contribution in [1.82, 2.24) is 15.8 Å².